The van der Waals surface area contributed by atoms with Crippen LogP contribution in [0.2, 0.25) is 0 Å². The number of hydrogen-bond donors (Lipinski definition) is 1. The Bertz CT molecular complexity index is 554. The largest absolute Gasteiger partial charge is 0.309 e. The van der Waals surface area contributed by atoms with Gasteiger partial charge in [0.05, 0.1) is 6.04 Å². The van der Waals surface area contributed by atoms with Crippen molar-refractivity contribution < 1.29 is 0 Å². The summed E-state index contributed by atoms with van der Waals surface area (Å²) in [7, 11) is 2.02. The summed E-state index contributed by atoms with van der Waals surface area (Å²) in [6, 6.07) is 8.94. The molecular formula is C16H20BrNS. The zero-order chi connectivity index (χ0) is 14.0. The van der Waals surface area contributed by atoms with Crippen LogP contribution in [0.3, 0.4) is 0 Å². The minimum Gasteiger partial charge on any atom is -0.309 e. The third kappa shape index (κ3) is 3.10. The number of thiophene rings is 1. The summed E-state index contributed by atoms with van der Waals surface area (Å²) in [6.45, 7) is 6.80. The van der Waals surface area contributed by atoms with Gasteiger partial charge in [-0.15, -0.1) is 0 Å². The Hall–Kier alpha value is -0.640. The van der Waals surface area contributed by atoms with Crippen molar-refractivity contribution in [2.45, 2.75) is 32.2 Å². The molecule has 0 aliphatic heterocycles. The molecule has 1 aromatic carbocycles. The first-order valence-corrected chi connectivity index (χ1v) is 8.17. The molecule has 1 aromatic heterocycles. The van der Waals surface area contributed by atoms with E-state index in [1.165, 1.54) is 21.2 Å². The molecule has 1 nitrogen and oxygen atoms in total. The Morgan fingerprint density at radius 3 is 2.32 bits per heavy atom. The fourth-order valence-corrected chi connectivity index (χ4v) is 3.96. The SMILES string of the molecule is CNC(c1cscc1Br)c1ccccc1C(C)(C)C. The van der Waals surface area contributed by atoms with E-state index in [1.54, 1.807) is 11.3 Å². The van der Waals surface area contributed by atoms with Crippen molar-refractivity contribution in [1.82, 2.24) is 5.32 Å². The van der Waals surface area contributed by atoms with Gasteiger partial charge in [-0.2, -0.15) is 11.3 Å². The van der Waals surface area contributed by atoms with Crippen molar-refractivity contribution in [3.63, 3.8) is 0 Å². The molecule has 102 valence electrons. The van der Waals surface area contributed by atoms with Crippen molar-refractivity contribution >= 4 is 27.3 Å². The Kier molecular flexibility index (Phi) is 4.49. The number of benzene rings is 1. The van der Waals surface area contributed by atoms with Gasteiger partial charge < -0.3 is 5.32 Å². The predicted octanol–water partition coefficient (Wildman–Crippen LogP) is 5.12. The van der Waals surface area contributed by atoms with E-state index in [4.69, 9.17) is 0 Å². The van der Waals surface area contributed by atoms with Crippen LogP contribution in [-0.4, -0.2) is 7.05 Å². The Balaban J connectivity index is 2.54. The predicted molar refractivity (Wildman–Crippen MR) is 88.1 cm³/mol. The minimum absolute atomic E-state index is 0.147. The molecule has 1 atom stereocenters. The zero-order valence-corrected chi connectivity index (χ0v) is 14.2. The van der Waals surface area contributed by atoms with Crippen LogP contribution in [0.1, 0.15) is 43.5 Å². The first kappa shape index (κ1) is 14.8. The lowest BCUT2D eigenvalue weighted by Crippen LogP contribution is -2.23. The maximum atomic E-state index is 3.65. The maximum Gasteiger partial charge on any atom is 0.0596 e. The van der Waals surface area contributed by atoms with E-state index in [0.29, 0.717) is 0 Å². The molecule has 2 aromatic rings. The lowest BCUT2D eigenvalue weighted by atomic mass is 9.81. The van der Waals surface area contributed by atoms with Crippen molar-refractivity contribution in [3.8, 4) is 0 Å². The lowest BCUT2D eigenvalue weighted by Gasteiger charge is -2.27. The second-order valence-electron chi connectivity index (χ2n) is 5.73. The van der Waals surface area contributed by atoms with Gasteiger partial charge in [-0.25, -0.2) is 0 Å². The summed E-state index contributed by atoms with van der Waals surface area (Å²) in [5, 5.41) is 7.80. The molecule has 2 rings (SSSR count). The Labute approximate surface area is 128 Å². The van der Waals surface area contributed by atoms with Gasteiger partial charge in [0.1, 0.15) is 0 Å². The standard InChI is InChI=1S/C16H20BrNS/c1-16(2,3)13-8-6-5-7-11(13)15(18-4)12-9-19-10-14(12)17/h5-10,15,18H,1-4H3. The zero-order valence-electron chi connectivity index (χ0n) is 11.8. The Morgan fingerprint density at radius 1 is 1.11 bits per heavy atom. The van der Waals surface area contributed by atoms with Crippen molar-refractivity contribution in [2.75, 3.05) is 7.05 Å². The Morgan fingerprint density at radius 2 is 1.79 bits per heavy atom. The van der Waals surface area contributed by atoms with Gasteiger partial charge in [0.2, 0.25) is 0 Å². The molecule has 0 spiro atoms. The highest BCUT2D eigenvalue weighted by Gasteiger charge is 2.24. The third-order valence-corrected chi connectivity index (χ3v) is 5.07. The summed E-state index contributed by atoms with van der Waals surface area (Å²) in [5.74, 6) is 0. The molecule has 0 saturated carbocycles. The van der Waals surface area contributed by atoms with Gasteiger partial charge in [-0.3, -0.25) is 0 Å². The summed E-state index contributed by atoms with van der Waals surface area (Å²) in [4.78, 5) is 0. The quantitative estimate of drug-likeness (QED) is 0.819. The van der Waals surface area contributed by atoms with Crippen LogP contribution in [0.4, 0.5) is 0 Å². The van der Waals surface area contributed by atoms with Crippen LogP contribution in [0.5, 0.6) is 0 Å². The summed E-state index contributed by atoms with van der Waals surface area (Å²) < 4.78 is 1.18. The van der Waals surface area contributed by atoms with Gasteiger partial charge in [-0.1, -0.05) is 45.0 Å². The molecule has 0 radical (unpaired) electrons. The molecular weight excluding hydrogens is 318 g/mol. The van der Waals surface area contributed by atoms with Gasteiger partial charge in [0.15, 0.2) is 0 Å². The van der Waals surface area contributed by atoms with E-state index < -0.39 is 0 Å². The van der Waals surface area contributed by atoms with Gasteiger partial charge in [-0.05, 0) is 50.5 Å². The monoisotopic (exact) mass is 337 g/mol. The molecule has 1 unspecified atom stereocenters. The van der Waals surface area contributed by atoms with E-state index in [0.717, 1.165) is 0 Å². The molecule has 0 amide bonds. The van der Waals surface area contributed by atoms with E-state index in [9.17, 15) is 0 Å². The van der Waals surface area contributed by atoms with E-state index in [-0.39, 0.29) is 11.5 Å². The normalized spacial score (nSPS) is 13.5. The fraction of sp³-hybridized carbons (Fsp3) is 0.375. The average Bonchev–Trinajstić information content (AvgIpc) is 2.76. The molecule has 1 heterocycles. The number of halogens is 1. The van der Waals surface area contributed by atoms with Crippen LogP contribution < -0.4 is 5.32 Å². The van der Waals surface area contributed by atoms with Gasteiger partial charge >= 0.3 is 0 Å². The van der Waals surface area contributed by atoms with Crippen LogP contribution in [0.15, 0.2) is 39.5 Å². The van der Waals surface area contributed by atoms with E-state index in [2.05, 4.69) is 77.0 Å². The minimum atomic E-state index is 0.147. The maximum absolute atomic E-state index is 3.65. The number of rotatable bonds is 3. The topological polar surface area (TPSA) is 12.0 Å². The highest BCUT2D eigenvalue weighted by molar-refractivity contribution is 9.10. The summed E-state index contributed by atoms with van der Waals surface area (Å²) >= 11 is 5.38. The molecule has 1 N–H and O–H groups in total. The second-order valence-corrected chi connectivity index (χ2v) is 7.33. The lowest BCUT2D eigenvalue weighted by molar-refractivity contribution is 0.567. The van der Waals surface area contributed by atoms with Gasteiger partial charge in [0, 0.05) is 9.85 Å². The molecule has 0 aliphatic carbocycles. The first-order chi connectivity index (χ1) is 8.95. The van der Waals surface area contributed by atoms with Crippen LogP contribution >= 0.6 is 27.3 Å². The summed E-state index contributed by atoms with van der Waals surface area (Å²) in [6.07, 6.45) is 0. The highest BCUT2D eigenvalue weighted by atomic mass is 79.9. The summed E-state index contributed by atoms with van der Waals surface area (Å²) in [5.41, 5.74) is 4.21. The van der Waals surface area contributed by atoms with Crippen LogP contribution in [0, 0.1) is 0 Å². The molecule has 3 heteroatoms. The molecule has 0 fully saturated rings. The number of hydrogen-bond acceptors (Lipinski definition) is 2. The number of nitrogens with one attached hydrogen (secondary N) is 1. The van der Waals surface area contributed by atoms with E-state index in [1.807, 2.05) is 7.05 Å². The highest BCUT2D eigenvalue weighted by Crippen LogP contribution is 2.36. The van der Waals surface area contributed by atoms with Crippen LogP contribution in [-0.2, 0) is 5.41 Å². The third-order valence-electron chi connectivity index (χ3n) is 3.32. The smallest absolute Gasteiger partial charge is 0.0596 e. The van der Waals surface area contributed by atoms with Crippen molar-refractivity contribution in [1.29, 1.82) is 0 Å². The van der Waals surface area contributed by atoms with Crippen LogP contribution in [0.25, 0.3) is 0 Å². The molecule has 0 saturated heterocycles. The second kappa shape index (κ2) is 5.78. The average molecular weight is 338 g/mol. The fourth-order valence-electron chi connectivity index (χ4n) is 2.41. The molecule has 0 bridgehead atoms. The van der Waals surface area contributed by atoms with Crippen molar-refractivity contribution in [3.05, 3.63) is 56.2 Å². The van der Waals surface area contributed by atoms with Crippen molar-refractivity contribution in [2.24, 2.45) is 0 Å². The molecule has 19 heavy (non-hydrogen) atoms. The van der Waals surface area contributed by atoms with E-state index >= 15 is 0 Å². The van der Waals surface area contributed by atoms with Gasteiger partial charge in [0.25, 0.3) is 0 Å². The first-order valence-electron chi connectivity index (χ1n) is 6.43. The molecule has 0 aliphatic rings.